The molecular formula is C19H23N3O4S. The average molecular weight is 389 g/mol. The van der Waals surface area contributed by atoms with Gasteiger partial charge in [0, 0.05) is 24.5 Å². The second kappa shape index (κ2) is 7.87. The van der Waals surface area contributed by atoms with Crippen LogP contribution in [0.4, 0.5) is 16.2 Å². The minimum Gasteiger partial charge on any atom is -0.497 e. The molecule has 1 heterocycles. The van der Waals surface area contributed by atoms with Crippen LogP contribution in [0.1, 0.15) is 18.9 Å². The molecule has 0 aromatic heterocycles. The van der Waals surface area contributed by atoms with E-state index in [1.165, 1.54) is 6.07 Å². The molecular weight excluding hydrogens is 366 g/mol. The highest BCUT2D eigenvalue weighted by atomic mass is 32.2. The number of carbonyl (C=O) groups is 1. The Bertz CT molecular complexity index is 926. The van der Waals surface area contributed by atoms with Crippen LogP contribution in [0.5, 0.6) is 5.75 Å². The number of urea groups is 1. The third-order valence-electron chi connectivity index (χ3n) is 4.37. The van der Waals surface area contributed by atoms with Crippen molar-refractivity contribution in [2.75, 3.05) is 29.8 Å². The number of nitrogens with zero attached hydrogens (tertiary/aromatic N) is 1. The number of amides is 2. The first-order valence-corrected chi connectivity index (χ1v) is 10.3. The van der Waals surface area contributed by atoms with E-state index in [-0.39, 0.29) is 10.9 Å². The molecule has 3 rings (SSSR count). The third-order valence-corrected chi connectivity index (χ3v) is 5.75. The fraction of sp³-hybridized carbons (Fsp3) is 0.316. The molecule has 0 aliphatic carbocycles. The molecule has 0 atom stereocenters. The van der Waals surface area contributed by atoms with Crippen LogP contribution >= 0.6 is 0 Å². The van der Waals surface area contributed by atoms with Gasteiger partial charge >= 0.3 is 6.03 Å². The van der Waals surface area contributed by atoms with Gasteiger partial charge in [-0.05, 0) is 60.9 Å². The van der Waals surface area contributed by atoms with E-state index in [0.717, 1.165) is 17.7 Å². The predicted molar refractivity (Wildman–Crippen MR) is 105 cm³/mol. The summed E-state index contributed by atoms with van der Waals surface area (Å²) >= 11 is 0. The van der Waals surface area contributed by atoms with Crippen LogP contribution in [0, 0.1) is 0 Å². The maximum absolute atomic E-state index is 12.7. The van der Waals surface area contributed by atoms with Crippen LogP contribution in [0.25, 0.3) is 0 Å². The second-order valence-electron chi connectivity index (χ2n) is 6.26. The summed E-state index contributed by atoms with van der Waals surface area (Å²) in [6, 6.07) is 11.4. The summed E-state index contributed by atoms with van der Waals surface area (Å²) in [4.78, 5) is 14.0. The average Bonchev–Trinajstić information content (AvgIpc) is 3.10. The number of hydrogen-bond acceptors (Lipinski definition) is 4. The largest absolute Gasteiger partial charge is 0.497 e. The highest BCUT2D eigenvalue weighted by molar-refractivity contribution is 7.92. The topological polar surface area (TPSA) is 87.7 Å². The Morgan fingerprint density at radius 3 is 2.59 bits per heavy atom. The second-order valence-corrected chi connectivity index (χ2v) is 7.94. The van der Waals surface area contributed by atoms with Crippen molar-refractivity contribution in [1.29, 1.82) is 0 Å². The summed E-state index contributed by atoms with van der Waals surface area (Å²) < 4.78 is 33.0. The number of anilines is 2. The fourth-order valence-corrected chi connectivity index (χ4v) is 4.07. The molecule has 1 aliphatic rings. The number of rotatable bonds is 6. The molecule has 1 aliphatic heterocycles. The van der Waals surface area contributed by atoms with Gasteiger partial charge in [-0.1, -0.05) is 6.92 Å². The lowest BCUT2D eigenvalue weighted by molar-refractivity contribution is 0.247. The number of fused-ring (bicyclic) bond motifs is 1. The molecule has 2 N–H and O–H groups in total. The Morgan fingerprint density at radius 1 is 1.19 bits per heavy atom. The molecule has 0 saturated carbocycles. The van der Waals surface area contributed by atoms with Crippen molar-refractivity contribution in [3.63, 3.8) is 0 Å². The van der Waals surface area contributed by atoms with E-state index < -0.39 is 10.0 Å². The summed E-state index contributed by atoms with van der Waals surface area (Å²) in [6.45, 7) is 3.15. The summed E-state index contributed by atoms with van der Waals surface area (Å²) in [5, 5.41) is 2.85. The summed E-state index contributed by atoms with van der Waals surface area (Å²) in [6.07, 6.45) is 1.49. The monoisotopic (exact) mass is 389 g/mol. The number of hydrogen-bond donors (Lipinski definition) is 2. The number of methoxy groups -OCH3 is 1. The minimum absolute atomic E-state index is 0.150. The maximum atomic E-state index is 12.7. The van der Waals surface area contributed by atoms with Crippen molar-refractivity contribution < 1.29 is 17.9 Å². The van der Waals surface area contributed by atoms with Crippen molar-refractivity contribution in [2.24, 2.45) is 0 Å². The lowest BCUT2D eigenvalue weighted by atomic mass is 10.2. The molecule has 2 aromatic rings. The van der Waals surface area contributed by atoms with E-state index >= 15 is 0 Å². The minimum atomic E-state index is -3.72. The zero-order valence-electron chi connectivity index (χ0n) is 15.4. The molecule has 2 amide bonds. The Labute approximate surface area is 159 Å². The Kier molecular flexibility index (Phi) is 5.55. The number of sulfonamides is 1. The van der Waals surface area contributed by atoms with Crippen LogP contribution in [0.2, 0.25) is 0 Å². The van der Waals surface area contributed by atoms with Gasteiger partial charge in [-0.3, -0.25) is 9.62 Å². The first-order valence-electron chi connectivity index (χ1n) is 8.80. The van der Waals surface area contributed by atoms with Crippen LogP contribution < -0.4 is 19.7 Å². The first-order chi connectivity index (χ1) is 12.9. The molecule has 0 saturated heterocycles. The van der Waals surface area contributed by atoms with Crippen LogP contribution in [-0.4, -0.2) is 34.6 Å². The van der Waals surface area contributed by atoms with Crippen molar-refractivity contribution in [2.45, 2.75) is 24.7 Å². The van der Waals surface area contributed by atoms with E-state index in [9.17, 15) is 13.2 Å². The zero-order chi connectivity index (χ0) is 19.4. The summed E-state index contributed by atoms with van der Waals surface area (Å²) in [7, 11) is -2.17. The lowest BCUT2D eigenvalue weighted by Crippen LogP contribution is -2.39. The van der Waals surface area contributed by atoms with Crippen LogP contribution in [0.15, 0.2) is 47.4 Å². The molecule has 0 fully saturated rings. The third kappa shape index (κ3) is 4.16. The van der Waals surface area contributed by atoms with Crippen molar-refractivity contribution in [3.8, 4) is 5.75 Å². The van der Waals surface area contributed by atoms with E-state index in [1.807, 2.05) is 6.92 Å². The standard InChI is InChI=1S/C19H23N3O4S/c1-3-11-20-19(23)22-12-10-14-13-17(8-9-18(14)22)27(24,25)21-15-4-6-16(26-2)7-5-15/h4-9,13,21H,3,10-12H2,1-2H3,(H,20,23). The highest BCUT2D eigenvalue weighted by Crippen LogP contribution is 2.31. The zero-order valence-corrected chi connectivity index (χ0v) is 16.2. The van der Waals surface area contributed by atoms with Crippen LogP contribution in [0.3, 0.4) is 0 Å². The summed E-state index contributed by atoms with van der Waals surface area (Å²) in [5.74, 6) is 0.650. The van der Waals surface area contributed by atoms with E-state index in [2.05, 4.69) is 10.0 Å². The predicted octanol–water partition coefficient (Wildman–Crippen LogP) is 2.98. The normalized spacial score (nSPS) is 13.2. The number of carbonyl (C=O) groups excluding carboxylic acids is 1. The van der Waals surface area contributed by atoms with Gasteiger partial charge in [0.05, 0.1) is 12.0 Å². The SMILES string of the molecule is CCCNC(=O)N1CCc2cc(S(=O)(=O)Nc3ccc(OC)cc3)ccc21. The van der Waals surface area contributed by atoms with Crippen molar-refractivity contribution in [1.82, 2.24) is 5.32 Å². The molecule has 0 spiro atoms. The van der Waals surface area contributed by atoms with Gasteiger partial charge in [-0.2, -0.15) is 0 Å². The molecule has 0 unspecified atom stereocenters. The lowest BCUT2D eigenvalue weighted by Gasteiger charge is -2.18. The van der Waals surface area contributed by atoms with Crippen molar-refractivity contribution >= 4 is 27.4 Å². The Hall–Kier alpha value is -2.74. The molecule has 27 heavy (non-hydrogen) atoms. The Balaban J connectivity index is 1.78. The van der Waals surface area contributed by atoms with E-state index in [0.29, 0.717) is 30.9 Å². The van der Waals surface area contributed by atoms with Gasteiger partial charge in [0.15, 0.2) is 0 Å². The van der Waals surface area contributed by atoms with Gasteiger partial charge < -0.3 is 10.1 Å². The molecule has 8 heteroatoms. The molecule has 0 bridgehead atoms. The quantitative estimate of drug-likeness (QED) is 0.795. The van der Waals surface area contributed by atoms with Gasteiger partial charge in [-0.15, -0.1) is 0 Å². The van der Waals surface area contributed by atoms with E-state index in [1.54, 1.807) is 48.4 Å². The molecule has 144 valence electrons. The van der Waals surface area contributed by atoms with Gasteiger partial charge in [0.1, 0.15) is 5.75 Å². The number of ether oxygens (including phenoxy) is 1. The number of nitrogens with one attached hydrogen (secondary N) is 2. The molecule has 2 aromatic carbocycles. The van der Waals surface area contributed by atoms with E-state index in [4.69, 9.17) is 4.74 Å². The first kappa shape index (κ1) is 19.0. The number of benzene rings is 2. The summed E-state index contributed by atoms with van der Waals surface area (Å²) in [5.41, 5.74) is 2.06. The molecule has 7 nitrogen and oxygen atoms in total. The maximum Gasteiger partial charge on any atom is 0.321 e. The highest BCUT2D eigenvalue weighted by Gasteiger charge is 2.26. The van der Waals surface area contributed by atoms with Gasteiger partial charge in [0.2, 0.25) is 0 Å². The van der Waals surface area contributed by atoms with Crippen LogP contribution in [-0.2, 0) is 16.4 Å². The smallest absolute Gasteiger partial charge is 0.321 e. The fourth-order valence-electron chi connectivity index (χ4n) is 2.96. The molecule has 0 radical (unpaired) electrons. The Morgan fingerprint density at radius 2 is 1.93 bits per heavy atom. The van der Waals surface area contributed by atoms with Gasteiger partial charge in [-0.25, -0.2) is 13.2 Å². The van der Waals surface area contributed by atoms with Gasteiger partial charge in [0.25, 0.3) is 10.0 Å². The van der Waals surface area contributed by atoms with Crippen molar-refractivity contribution in [3.05, 3.63) is 48.0 Å².